The van der Waals surface area contributed by atoms with Crippen molar-refractivity contribution in [2.45, 2.75) is 168 Å². The fraction of sp³-hybridized carbons (Fsp3) is 0.938. The fourth-order valence-corrected chi connectivity index (χ4v) is 5.15. The molecule has 0 aliphatic rings. The van der Waals surface area contributed by atoms with Gasteiger partial charge >= 0.3 is 11.9 Å². The highest BCUT2D eigenvalue weighted by molar-refractivity contribution is 7.99. The van der Waals surface area contributed by atoms with E-state index in [9.17, 15) is 9.59 Å². The number of hydrogen-bond acceptors (Lipinski definition) is 5. The van der Waals surface area contributed by atoms with Crippen LogP contribution in [0.2, 0.25) is 0 Å². The third kappa shape index (κ3) is 31.4. The van der Waals surface area contributed by atoms with Gasteiger partial charge in [0.15, 0.2) is 0 Å². The van der Waals surface area contributed by atoms with Crippen molar-refractivity contribution in [1.82, 2.24) is 0 Å². The lowest BCUT2D eigenvalue weighted by Crippen LogP contribution is -2.09. The zero-order chi connectivity index (χ0) is 27.1. The number of unbranched alkanes of at least 4 members (excludes halogenated alkanes) is 20. The van der Waals surface area contributed by atoms with Gasteiger partial charge in [-0.3, -0.25) is 9.59 Å². The van der Waals surface area contributed by atoms with Crippen molar-refractivity contribution in [3.05, 3.63) is 0 Å². The van der Waals surface area contributed by atoms with Crippen LogP contribution < -0.4 is 0 Å². The standard InChI is InChI=1S/C32H62O4S/c1-3-5-7-9-11-13-15-17-19-21-23-25-31(33)35-27-29-37-30-28-36-32(34)26-24-22-20-18-16-14-12-10-8-6-4-2/h3-30H2,1-2H3. The topological polar surface area (TPSA) is 52.6 Å². The van der Waals surface area contributed by atoms with Gasteiger partial charge in [0, 0.05) is 24.3 Å². The molecular formula is C32H62O4S. The average Bonchev–Trinajstić information content (AvgIpc) is 2.89. The van der Waals surface area contributed by atoms with Crippen LogP contribution in [0.25, 0.3) is 0 Å². The molecule has 0 amide bonds. The number of rotatable bonds is 30. The Labute approximate surface area is 235 Å². The zero-order valence-corrected chi connectivity index (χ0v) is 25.7. The molecule has 5 heteroatoms. The van der Waals surface area contributed by atoms with Gasteiger partial charge in [-0.05, 0) is 12.8 Å². The molecule has 37 heavy (non-hydrogen) atoms. The molecule has 0 saturated heterocycles. The Morgan fingerprint density at radius 2 is 0.703 bits per heavy atom. The lowest BCUT2D eigenvalue weighted by atomic mass is 10.1. The van der Waals surface area contributed by atoms with Crippen LogP contribution in [-0.4, -0.2) is 36.7 Å². The van der Waals surface area contributed by atoms with Crippen molar-refractivity contribution < 1.29 is 19.1 Å². The van der Waals surface area contributed by atoms with Crippen molar-refractivity contribution in [3.8, 4) is 0 Å². The molecule has 0 aromatic rings. The molecule has 0 heterocycles. The highest BCUT2D eigenvalue weighted by Gasteiger charge is 2.04. The summed E-state index contributed by atoms with van der Waals surface area (Å²) in [5, 5.41) is 0. The molecule has 4 nitrogen and oxygen atoms in total. The summed E-state index contributed by atoms with van der Waals surface area (Å²) in [6.07, 6.45) is 29.4. The maximum atomic E-state index is 11.8. The Morgan fingerprint density at radius 1 is 0.432 bits per heavy atom. The Kier molecular flexibility index (Phi) is 30.9. The van der Waals surface area contributed by atoms with Crippen LogP contribution in [0.3, 0.4) is 0 Å². The Balaban J connectivity index is 3.26. The van der Waals surface area contributed by atoms with Crippen molar-refractivity contribution in [1.29, 1.82) is 0 Å². The lowest BCUT2D eigenvalue weighted by Gasteiger charge is -2.06. The Bertz CT molecular complexity index is 441. The Hall–Kier alpha value is -0.710. The summed E-state index contributed by atoms with van der Waals surface area (Å²) in [5.41, 5.74) is 0. The van der Waals surface area contributed by atoms with Crippen LogP contribution in [0, 0.1) is 0 Å². The van der Waals surface area contributed by atoms with Crippen LogP contribution in [0.1, 0.15) is 168 Å². The van der Waals surface area contributed by atoms with Gasteiger partial charge in [-0.2, -0.15) is 11.8 Å². The molecule has 0 rings (SSSR count). The first-order valence-corrected chi connectivity index (χ1v) is 17.2. The van der Waals surface area contributed by atoms with Gasteiger partial charge in [0.2, 0.25) is 0 Å². The van der Waals surface area contributed by atoms with E-state index in [4.69, 9.17) is 9.47 Å². The second-order valence-corrected chi connectivity index (χ2v) is 11.8. The zero-order valence-electron chi connectivity index (χ0n) is 24.8. The molecular weight excluding hydrogens is 480 g/mol. The number of carbonyl (C=O) groups excluding carboxylic acids is 2. The predicted octanol–water partition coefficient (Wildman–Crippen LogP) is 10.2. The molecule has 0 unspecified atom stereocenters. The molecule has 0 bridgehead atoms. The van der Waals surface area contributed by atoms with Crippen molar-refractivity contribution in [2.24, 2.45) is 0 Å². The summed E-state index contributed by atoms with van der Waals surface area (Å²) in [6, 6.07) is 0. The van der Waals surface area contributed by atoms with Crippen LogP contribution in [0.5, 0.6) is 0 Å². The second kappa shape index (κ2) is 31.5. The predicted molar refractivity (Wildman–Crippen MR) is 161 cm³/mol. The minimum atomic E-state index is -0.0741. The molecule has 0 saturated carbocycles. The lowest BCUT2D eigenvalue weighted by molar-refractivity contribution is -0.143. The van der Waals surface area contributed by atoms with Gasteiger partial charge in [-0.1, -0.05) is 142 Å². The van der Waals surface area contributed by atoms with Gasteiger partial charge in [0.05, 0.1) is 0 Å². The van der Waals surface area contributed by atoms with Crippen molar-refractivity contribution in [2.75, 3.05) is 24.7 Å². The first-order chi connectivity index (χ1) is 18.2. The van der Waals surface area contributed by atoms with Gasteiger partial charge < -0.3 is 9.47 Å². The number of ether oxygens (including phenoxy) is 2. The first kappa shape index (κ1) is 36.3. The van der Waals surface area contributed by atoms with Crippen LogP contribution >= 0.6 is 11.8 Å². The van der Waals surface area contributed by atoms with E-state index in [1.54, 1.807) is 11.8 Å². The first-order valence-electron chi connectivity index (χ1n) is 16.1. The third-order valence-corrected chi connectivity index (χ3v) is 7.86. The minimum Gasteiger partial charge on any atom is -0.465 e. The number of carbonyl (C=O) groups is 2. The number of hydrogen-bond donors (Lipinski definition) is 0. The van der Waals surface area contributed by atoms with Crippen molar-refractivity contribution in [3.63, 3.8) is 0 Å². The monoisotopic (exact) mass is 542 g/mol. The largest absolute Gasteiger partial charge is 0.465 e. The SMILES string of the molecule is CCCCCCCCCCCCCC(=O)OCCSCCOC(=O)CCCCCCCCCCCCC. The summed E-state index contributed by atoms with van der Waals surface area (Å²) in [7, 11) is 0. The Morgan fingerprint density at radius 3 is 1.00 bits per heavy atom. The van der Waals surface area contributed by atoms with Gasteiger partial charge in [-0.15, -0.1) is 0 Å². The minimum absolute atomic E-state index is 0.0741. The van der Waals surface area contributed by atoms with E-state index in [2.05, 4.69) is 13.8 Å². The van der Waals surface area contributed by atoms with Gasteiger partial charge in [0.25, 0.3) is 0 Å². The number of thioether (sulfide) groups is 1. The molecule has 0 aromatic carbocycles. The molecule has 0 aliphatic heterocycles. The van der Waals surface area contributed by atoms with Crippen LogP contribution in [0.15, 0.2) is 0 Å². The molecule has 0 aliphatic carbocycles. The van der Waals surface area contributed by atoms with E-state index in [1.165, 1.54) is 116 Å². The van der Waals surface area contributed by atoms with E-state index >= 15 is 0 Å². The quantitative estimate of drug-likeness (QED) is 0.0667. The van der Waals surface area contributed by atoms with Gasteiger partial charge in [-0.25, -0.2) is 0 Å². The highest BCUT2D eigenvalue weighted by atomic mass is 32.2. The average molecular weight is 543 g/mol. The van der Waals surface area contributed by atoms with E-state index in [0.29, 0.717) is 26.1 Å². The maximum Gasteiger partial charge on any atom is 0.305 e. The van der Waals surface area contributed by atoms with Crippen molar-refractivity contribution >= 4 is 23.7 Å². The third-order valence-electron chi connectivity index (χ3n) is 6.95. The van der Waals surface area contributed by atoms with E-state index in [-0.39, 0.29) is 11.9 Å². The summed E-state index contributed by atoms with van der Waals surface area (Å²) >= 11 is 1.67. The molecule has 220 valence electrons. The smallest absolute Gasteiger partial charge is 0.305 e. The van der Waals surface area contributed by atoms with Crippen LogP contribution in [0.4, 0.5) is 0 Å². The van der Waals surface area contributed by atoms with E-state index in [0.717, 1.165) is 37.2 Å². The molecule has 0 radical (unpaired) electrons. The fourth-order valence-electron chi connectivity index (χ4n) is 4.54. The molecule has 0 spiro atoms. The van der Waals surface area contributed by atoms with E-state index < -0.39 is 0 Å². The summed E-state index contributed by atoms with van der Waals surface area (Å²) in [4.78, 5) is 23.7. The molecule has 0 aromatic heterocycles. The molecule has 0 N–H and O–H groups in total. The molecule has 0 atom stereocenters. The van der Waals surface area contributed by atoms with Crippen LogP contribution in [-0.2, 0) is 19.1 Å². The van der Waals surface area contributed by atoms with Gasteiger partial charge in [0.1, 0.15) is 13.2 Å². The summed E-state index contributed by atoms with van der Waals surface area (Å²) in [5.74, 6) is 1.38. The number of esters is 2. The molecule has 0 fully saturated rings. The second-order valence-electron chi connectivity index (χ2n) is 10.6. The summed E-state index contributed by atoms with van der Waals surface area (Å²) in [6.45, 7) is 5.43. The normalized spacial score (nSPS) is 11.1. The summed E-state index contributed by atoms with van der Waals surface area (Å²) < 4.78 is 10.6. The highest BCUT2D eigenvalue weighted by Crippen LogP contribution is 2.13. The van der Waals surface area contributed by atoms with E-state index in [1.807, 2.05) is 0 Å². The maximum absolute atomic E-state index is 11.8.